The standard InChI is InChI=1S/C20H28N4O2S.HI/c1-13-19(27-14(2)23-13)6-8-22-20(21-3)24-9-7-15-10-17(25-4)18(26-5)11-16(15)12-24;/h10-11H,6-9,12H2,1-5H3,(H,21,22);1H. The lowest BCUT2D eigenvalue weighted by Crippen LogP contribution is -2.44. The summed E-state index contributed by atoms with van der Waals surface area (Å²) in [5.41, 5.74) is 3.72. The maximum Gasteiger partial charge on any atom is 0.193 e. The maximum absolute atomic E-state index is 5.46. The minimum Gasteiger partial charge on any atom is -0.493 e. The van der Waals surface area contributed by atoms with Crippen LogP contribution in [0.4, 0.5) is 0 Å². The van der Waals surface area contributed by atoms with Crippen LogP contribution < -0.4 is 14.8 Å². The molecule has 1 aliphatic rings. The van der Waals surface area contributed by atoms with Crippen molar-refractivity contribution in [1.82, 2.24) is 15.2 Å². The summed E-state index contributed by atoms with van der Waals surface area (Å²) in [4.78, 5) is 12.6. The number of benzene rings is 1. The predicted octanol–water partition coefficient (Wildman–Crippen LogP) is 3.57. The average molecular weight is 516 g/mol. The van der Waals surface area contributed by atoms with Gasteiger partial charge in [0, 0.05) is 38.0 Å². The van der Waals surface area contributed by atoms with E-state index in [9.17, 15) is 0 Å². The number of nitrogens with zero attached hydrogens (tertiary/aromatic N) is 3. The van der Waals surface area contributed by atoms with Gasteiger partial charge >= 0.3 is 0 Å². The Morgan fingerprint density at radius 2 is 1.89 bits per heavy atom. The summed E-state index contributed by atoms with van der Waals surface area (Å²) < 4.78 is 10.9. The van der Waals surface area contributed by atoms with Crippen LogP contribution in [0.5, 0.6) is 11.5 Å². The number of hydrogen-bond donors (Lipinski definition) is 1. The Morgan fingerprint density at radius 1 is 1.21 bits per heavy atom. The monoisotopic (exact) mass is 516 g/mol. The highest BCUT2D eigenvalue weighted by atomic mass is 127. The number of ether oxygens (including phenoxy) is 2. The van der Waals surface area contributed by atoms with E-state index in [1.807, 2.05) is 7.05 Å². The van der Waals surface area contributed by atoms with Crippen LogP contribution in [-0.4, -0.2) is 50.2 Å². The molecule has 0 radical (unpaired) electrons. The zero-order chi connectivity index (χ0) is 19.4. The highest BCUT2D eigenvalue weighted by molar-refractivity contribution is 14.0. The second-order valence-corrected chi connectivity index (χ2v) is 7.90. The first kappa shape index (κ1) is 22.7. The van der Waals surface area contributed by atoms with E-state index >= 15 is 0 Å². The molecule has 0 aliphatic carbocycles. The number of aliphatic imine (C=N–C) groups is 1. The lowest BCUT2D eigenvalue weighted by molar-refractivity contribution is 0.346. The van der Waals surface area contributed by atoms with Gasteiger partial charge in [-0.05, 0) is 43.5 Å². The maximum atomic E-state index is 5.46. The van der Waals surface area contributed by atoms with Crippen LogP contribution in [0.2, 0.25) is 0 Å². The molecular weight excluding hydrogens is 487 g/mol. The number of nitrogens with one attached hydrogen (secondary N) is 1. The fourth-order valence-corrected chi connectivity index (χ4v) is 4.43. The molecule has 1 aliphatic heterocycles. The van der Waals surface area contributed by atoms with Crippen LogP contribution in [0, 0.1) is 13.8 Å². The molecule has 0 amide bonds. The molecule has 28 heavy (non-hydrogen) atoms. The fourth-order valence-electron chi connectivity index (χ4n) is 3.49. The number of halogens is 1. The molecule has 1 aromatic carbocycles. The second-order valence-electron chi connectivity index (χ2n) is 6.61. The van der Waals surface area contributed by atoms with Crippen molar-refractivity contribution < 1.29 is 9.47 Å². The number of methoxy groups -OCH3 is 2. The van der Waals surface area contributed by atoms with Crippen LogP contribution in [0.25, 0.3) is 0 Å². The van der Waals surface area contributed by atoms with Gasteiger partial charge in [-0.2, -0.15) is 0 Å². The Morgan fingerprint density at radius 3 is 2.46 bits per heavy atom. The molecule has 2 heterocycles. The molecule has 1 N–H and O–H groups in total. The average Bonchev–Trinajstić information content (AvgIpc) is 3.00. The molecule has 6 nitrogen and oxygen atoms in total. The summed E-state index contributed by atoms with van der Waals surface area (Å²) >= 11 is 1.78. The van der Waals surface area contributed by atoms with Gasteiger partial charge in [0.25, 0.3) is 0 Å². The van der Waals surface area contributed by atoms with Crippen LogP contribution in [0.3, 0.4) is 0 Å². The number of aromatic nitrogens is 1. The normalized spacial score (nSPS) is 13.6. The van der Waals surface area contributed by atoms with E-state index in [4.69, 9.17) is 9.47 Å². The Balaban J connectivity index is 0.00000280. The van der Waals surface area contributed by atoms with Gasteiger partial charge in [-0.3, -0.25) is 4.99 Å². The Kier molecular flexibility index (Phi) is 8.36. The van der Waals surface area contributed by atoms with E-state index in [0.29, 0.717) is 0 Å². The lowest BCUT2D eigenvalue weighted by Gasteiger charge is -2.32. The minimum absolute atomic E-state index is 0. The zero-order valence-corrected chi connectivity index (χ0v) is 20.3. The minimum atomic E-state index is 0. The molecular formula is C20H29IN4O2S. The summed E-state index contributed by atoms with van der Waals surface area (Å²) in [5, 5.41) is 4.63. The van der Waals surface area contributed by atoms with Crippen molar-refractivity contribution in [2.75, 3.05) is 34.4 Å². The number of thiazole rings is 1. The van der Waals surface area contributed by atoms with Crippen molar-refractivity contribution in [2.24, 2.45) is 4.99 Å². The summed E-state index contributed by atoms with van der Waals surface area (Å²) in [5.74, 6) is 2.51. The predicted molar refractivity (Wildman–Crippen MR) is 126 cm³/mol. The SMILES string of the molecule is CN=C(NCCc1sc(C)nc1C)N1CCc2cc(OC)c(OC)cc2C1.I. The van der Waals surface area contributed by atoms with Crippen LogP contribution >= 0.6 is 35.3 Å². The number of rotatable bonds is 5. The van der Waals surface area contributed by atoms with Crippen molar-refractivity contribution in [1.29, 1.82) is 0 Å². The van der Waals surface area contributed by atoms with Gasteiger partial charge in [0.2, 0.25) is 0 Å². The third-order valence-corrected chi connectivity index (χ3v) is 6.00. The number of aryl methyl sites for hydroxylation is 2. The Hall–Kier alpha value is -1.55. The summed E-state index contributed by atoms with van der Waals surface area (Å²) in [7, 11) is 5.19. The van der Waals surface area contributed by atoms with Crippen molar-refractivity contribution >= 4 is 41.3 Å². The van der Waals surface area contributed by atoms with Crippen LogP contribution in [0.15, 0.2) is 17.1 Å². The Labute approximate surface area is 188 Å². The molecule has 0 spiro atoms. The molecule has 0 bridgehead atoms. The summed E-state index contributed by atoms with van der Waals surface area (Å²) in [6, 6.07) is 4.17. The molecule has 0 atom stereocenters. The number of guanidine groups is 1. The van der Waals surface area contributed by atoms with Crippen molar-refractivity contribution in [3.05, 3.63) is 38.8 Å². The van der Waals surface area contributed by atoms with E-state index in [1.54, 1.807) is 25.6 Å². The highest BCUT2D eigenvalue weighted by Crippen LogP contribution is 2.33. The first-order valence-corrected chi connectivity index (χ1v) is 9.99. The van der Waals surface area contributed by atoms with E-state index < -0.39 is 0 Å². The van der Waals surface area contributed by atoms with Crippen molar-refractivity contribution in [3.63, 3.8) is 0 Å². The van der Waals surface area contributed by atoms with Gasteiger partial charge < -0.3 is 19.7 Å². The lowest BCUT2D eigenvalue weighted by atomic mass is 9.99. The third-order valence-electron chi connectivity index (χ3n) is 4.86. The molecule has 3 rings (SSSR count). The van der Waals surface area contributed by atoms with Gasteiger partial charge in [-0.15, -0.1) is 35.3 Å². The van der Waals surface area contributed by atoms with E-state index in [2.05, 4.69) is 46.2 Å². The largest absolute Gasteiger partial charge is 0.493 e. The highest BCUT2D eigenvalue weighted by Gasteiger charge is 2.21. The molecule has 0 saturated heterocycles. The second kappa shape index (κ2) is 10.3. The third kappa shape index (κ3) is 5.08. The van der Waals surface area contributed by atoms with E-state index in [0.717, 1.165) is 60.6 Å². The van der Waals surface area contributed by atoms with E-state index in [-0.39, 0.29) is 24.0 Å². The number of hydrogen-bond acceptors (Lipinski definition) is 5. The van der Waals surface area contributed by atoms with Gasteiger partial charge in [-0.1, -0.05) is 0 Å². The molecule has 154 valence electrons. The van der Waals surface area contributed by atoms with Crippen LogP contribution in [0.1, 0.15) is 26.7 Å². The molecule has 0 fully saturated rings. The van der Waals surface area contributed by atoms with Gasteiger partial charge in [-0.25, -0.2) is 4.98 Å². The number of fused-ring (bicyclic) bond motifs is 1. The van der Waals surface area contributed by atoms with Gasteiger partial charge in [0.15, 0.2) is 17.5 Å². The van der Waals surface area contributed by atoms with Gasteiger partial charge in [0.1, 0.15) is 0 Å². The summed E-state index contributed by atoms with van der Waals surface area (Å²) in [6.07, 6.45) is 1.93. The smallest absolute Gasteiger partial charge is 0.193 e. The van der Waals surface area contributed by atoms with Gasteiger partial charge in [0.05, 0.1) is 24.9 Å². The van der Waals surface area contributed by atoms with E-state index in [1.165, 1.54) is 16.0 Å². The first-order chi connectivity index (χ1) is 13.0. The van der Waals surface area contributed by atoms with Crippen LogP contribution in [-0.2, 0) is 19.4 Å². The topological polar surface area (TPSA) is 59.0 Å². The molecule has 0 saturated carbocycles. The molecule has 8 heteroatoms. The van der Waals surface area contributed by atoms with Crippen molar-refractivity contribution in [3.8, 4) is 11.5 Å². The molecule has 0 unspecified atom stereocenters. The summed E-state index contributed by atoms with van der Waals surface area (Å²) in [6.45, 7) is 6.73. The van der Waals surface area contributed by atoms with Crippen molar-refractivity contribution in [2.45, 2.75) is 33.2 Å². The quantitative estimate of drug-likeness (QED) is 0.374. The first-order valence-electron chi connectivity index (χ1n) is 9.18. The molecule has 2 aromatic rings. The fraction of sp³-hybridized carbons (Fsp3) is 0.500. The molecule has 1 aromatic heterocycles. The zero-order valence-electron chi connectivity index (χ0n) is 17.2. The Bertz CT molecular complexity index is 838.